The number of nitrogens with one attached hydrogen (secondary N) is 2. The van der Waals surface area contributed by atoms with E-state index in [1.54, 1.807) is 11.0 Å². The molecule has 0 amide bonds. The van der Waals surface area contributed by atoms with Gasteiger partial charge in [-0.3, -0.25) is 5.41 Å². The Bertz CT molecular complexity index is 423. The average Bonchev–Trinajstić information content (AvgIpc) is 2.59. The zero-order valence-corrected chi connectivity index (χ0v) is 9.43. The summed E-state index contributed by atoms with van der Waals surface area (Å²) < 4.78 is 5.30. The lowest BCUT2D eigenvalue weighted by atomic mass is 10.2. The van der Waals surface area contributed by atoms with Crippen molar-refractivity contribution >= 4 is 34.9 Å². The number of nitrogens with zero attached hydrogens (tertiary/aromatic N) is 1. The van der Waals surface area contributed by atoms with Crippen molar-refractivity contribution in [3.63, 3.8) is 0 Å². The second-order valence-electron chi connectivity index (χ2n) is 3.16. The van der Waals surface area contributed by atoms with Gasteiger partial charge in [0.2, 0.25) is 5.88 Å². The Balaban J connectivity index is 2.38. The van der Waals surface area contributed by atoms with Crippen molar-refractivity contribution in [2.45, 2.75) is 13.1 Å². The van der Waals surface area contributed by atoms with Crippen molar-refractivity contribution in [2.24, 2.45) is 0 Å². The predicted octanol–water partition coefficient (Wildman–Crippen LogP) is 2.95. The van der Waals surface area contributed by atoms with Gasteiger partial charge in [-0.05, 0) is 13.0 Å². The van der Waals surface area contributed by atoms with Gasteiger partial charge in [-0.1, -0.05) is 23.2 Å². The van der Waals surface area contributed by atoms with Crippen LogP contribution in [0.1, 0.15) is 12.5 Å². The van der Waals surface area contributed by atoms with Crippen LogP contribution < -0.4 is 5.32 Å². The smallest absolute Gasteiger partial charge is 0.205 e. The molecule has 0 saturated carbocycles. The largest absolute Gasteiger partial charge is 0.448 e. The Morgan fingerprint density at radius 2 is 2.40 bits per heavy atom. The van der Waals surface area contributed by atoms with Crippen LogP contribution in [0.25, 0.3) is 0 Å². The van der Waals surface area contributed by atoms with Crippen LogP contribution in [0.15, 0.2) is 27.4 Å². The van der Waals surface area contributed by atoms with Gasteiger partial charge in [0.05, 0.1) is 11.8 Å². The van der Waals surface area contributed by atoms with Crippen molar-refractivity contribution in [3.8, 4) is 0 Å². The molecule has 0 saturated heterocycles. The summed E-state index contributed by atoms with van der Waals surface area (Å²) in [5.74, 6) is 0.909. The van der Waals surface area contributed by atoms with Crippen LogP contribution in [0.5, 0.6) is 0 Å². The number of halogens is 2. The Kier molecular flexibility index (Phi) is 2.63. The highest BCUT2D eigenvalue weighted by atomic mass is 35.5. The van der Waals surface area contributed by atoms with E-state index in [9.17, 15) is 0 Å². The molecule has 2 N–H and O–H groups in total. The molecule has 0 bridgehead atoms. The van der Waals surface area contributed by atoms with Crippen LogP contribution in [0.2, 0.25) is 0 Å². The van der Waals surface area contributed by atoms with Crippen molar-refractivity contribution in [1.82, 2.24) is 4.90 Å². The molecular formula is C9H9Cl2N3O. The van der Waals surface area contributed by atoms with E-state index in [1.165, 1.54) is 12.5 Å². The van der Waals surface area contributed by atoms with Gasteiger partial charge in [0.25, 0.3) is 0 Å². The van der Waals surface area contributed by atoms with Crippen LogP contribution in [0, 0.1) is 5.41 Å². The highest BCUT2D eigenvalue weighted by Gasteiger charge is 2.27. The number of furan rings is 1. The molecule has 80 valence electrons. The second kappa shape index (κ2) is 3.79. The molecule has 0 spiro atoms. The van der Waals surface area contributed by atoms with E-state index in [-0.39, 0.29) is 10.7 Å². The third-order valence-corrected chi connectivity index (χ3v) is 2.37. The summed E-state index contributed by atoms with van der Waals surface area (Å²) in [4.78, 5) is 1.63. The first kappa shape index (κ1) is 10.4. The Morgan fingerprint density at radius 3 is 3.07 bits per heavy atom. The predicted molar refractivity (Wildman–Crippen MR) is 60.2 cm³/mol. The molecule has 0 aromatic carbocycles. The Morgan fingerprint density at radius 1 is 1.67 bits per heavy atom. The van der Waals surface area contributed by atoms with Gasteiger partial charge < -0.3 is 14.6 Å². The molecule has 1 atom stereocenters. The summed E-state index contributed by atoms with van der Waals surface area (Å²) in [5.41, 5.74) is 0.693. The van der Waals surface area contributed by atoms with Crippen LogP contribution in [0.4, 0.5) is 5.88 Å². The monoisotopic (exact) mass is 245 g/mol. The molecule has 4 nitrogen and oxygen atoms in total. The summed E-state index contributed by atoms with van der Waals surface area (Å²) in [6, 6.07) is 1.72. The van der Waals surface area contributed by atoms with Gasteiger partial charge in [-0.25, -0.2) is 0 Å². The number of hydrogen-bond acceptors (Lipinski definition) is 3. The molecule has 0 radical (unpaired) electrons. The zero-order chi connectivity index (χ0) is 11.0. The van der Waals surface area contributed by atoms with E-state index in [1.807, 2.05) is 6.92 Å². The summed E-state index contributed by atoms with van der Waals surface area (Å²) in [6.45, 7) is 1.88. The minimum atomic E-state index is -0.122. The lowest BCUT2D eigenvalue weighted by Gasteiger charge is -2.32. The fourth-order valence-electron chi connectivity index (χ4n) is 1.48. The van der Waals surface area contributed by atoms with Crippen molar-refractivity contribution in [1.29, 1.82) is 5.41 Å². The molecule has 6 heteroatoms. The summed E-state index contributed by atoms with van der Waals surface area (Å²) in [5, 5.41) is 11.0. The van der Waals surface area contributed by atoms with Gasteiger partial charge in [0.15, 0.2) is 0 Å². The fourth-order valence-corrected chi connectivity index (χ4v) is 1.69. The first-order valence-corrected chi connectivity index (χ1v) is 5.09. The maximum absolute atomic E-state index is 7.93. The van der Waals surface area contributed by atoms with Gasteiger partial charge in [0, 0.05) is 6.20 Å². The van der Waals surface area contributed by atoms with E-state index in [0.717, 1.165) is 0 Å². The average molecular weight is 246 g/mol. The summed E-state index contributed by atoms with van der Waals surface area (Å²) in [7, 11) is 0. The Labute approximate surface area is 97.0 Å². The number of rotatable bonds is 1. The fraction of sp³-hybridized carbons (Fsp3) is 0.222. The molecule has 1 unspecified atom stereocenters. The topological polar surface area (TPSA) is 52.3 Å². The van der Waals surface area contributed by atoms with E-state index < -0.39 is 0 Å². The van der Waals surface area contributed by atoms with E-state index in [2.05, 4.69) is 5.32 Å². The molecule has 2 rings (SSSR count). The van der Waals surface area contributed by atoms with Gasteiger partial charge >= 0.3 is 0 Å². The number of hydrogen-bond donors (Lipinski definition) is 2. The van der Waals surface area contributed by atoms with Gasteiger partial charge in [0.1, 0.15) is 16.5 Å². The maximum atomic E-state index is 7.93. The third-order valence-electron chi connectivity index (χ3n) is 2.17. The standard InChI is InChI=1S/C9H9Cl2N3O/c1-5-13-9-6(2-3-15-9)8(12)14(5)4-7(10)11/h2-5,12-13H,1H3. The van der Waals surface area contributed by atoms with Crippen molar-refractivity contribution in [2.75, 3.05) is 5.32 Å². The molecule has 1 aromatic rings. The zero-order valence-electron chi connectivity index (χ0n) is 7.92. The number of fused-ring (bicyclic) bond motifs is 1. The number of amidine groups is 1. The first-order chi connectivity index (χ1) is 7.09. The molecule has 1 aliphatic heterocycles. The van der Waals surface area contributed by atoms with Crippen LogP contribution in [0.3, 0.4) is 0 Å². The highest BCUT2D eigenvalue weighted by Crippen LogP contribution is 2.27. The number of anilines is 1. The first-order valence-electron chi connectivity index (χ1n) is 4.33. The van der Waals surface area contributed by atoms with E-state index >= 15 is 0 Å². The van der Waals surface area contributed by atoms with Crippen molar-refractivity contribution < 1.29 is 4.42 Å². The van der Waals surface area contributed by atoms with Gasteiger partial charge in [-0.15, -0.1) is 0 Å². The normalized spacial score (nSPS) is 19.5. The molecule has 1 aromatic heterocycles. The quantitative estimate of drug-likeness (QED) is 0.800. The highest BCUT2D eigenvalue weighted by molar-refractivity contribution is 6.55. The molecule has 0 fully saturated rings. The second-order valence-corrected chi connectivity index (χ2v) is 4.17. The minimum absolute atomic E-state index is 0.111. The van der Waals surface area contributed by atoms with Gasteiger partial charge in [-0.2, -0.15) is 0 Å². The molecule has 15 heavy (non-hydrogen) atoms. The molecule has 1 aliphatic rings. The molecule has 0 aliphatic carbocycles. The van der Waals surface area contributed by atoms with Crippen LogP contribution >= 0.6 is 23.2 Å². The maximum Gasteiger partial charge on any atom is 0.205 e. The molecule has 2 heterocycles. The lowest BCUT2D eigenvalue weighted by Crippen LogP contribution is -2.43. The third kappa shape index (κ3) is 1.82. The van der Waals surface area contributed by atoms with Crippen molar-refractivity contribution in [3.05, 3.63) is 28.6 Å². The lowest BCUT2D eigenvalue weighted by molar-refractivity contribution is 0.439. The molecular weight excluding hydrogens is 237 g/mol. The minimum Gasteiger partial charge on any atom is -0.448 e. The van der Waals surface area contributed by atoms with E-state index in [0.29, 0.717) is 17.3 Å². The Hall–Kier alpha value is -1.13. The SMILES string of the molecule is CC1Nc2occc2C(=N)N1C=C(Cl)Cl. The van der Waals surface area contributed by atoms with E-state index in [4.69, 9.17) is 33.0 Å². The van der Waals surface area contributed by atoms with Crippen LogP contribution in [-0.4, -0.2) is 16.9 Å². The summed E-state index contributed by atoms with van der Waals surface area (Å²) in [6.07, 6.45) is 2.91. The van der Waals surface area contributed by atoms with Crippen LogP contribution in [-0.2, 0) is 0 Å². The summed E-state index contributed by atoms with van der Waals surface area (Å²) >= 11 is 11.2.